The van der Waals surface area contributed by atoms with Gasteiger partial charge in [-0.2, -0.15) is 0 Å². The number of aromatic hydroxyl groups is 1. The van der Waals surface area contributed by atoms with E-state index in [1.807, 2.05) is 0 Å². The largest absolute Gasteiger partial charge is 0.506 e. The molecule has 0 heterocycles. The third-order valence-corrected chi connectivity index (χ3v) is 2.36. The number of hydrogen-bond acceptors (Lipinski definition) is 4. The number of aliphatic hydroxyl groups excluding tert-OH is 1. The number of phenolic OH excluding ortho intramolecular Hbond substituents is 1. The lowest BCUT2D eigenvalue weighted by molar-refractivity contribution is -0.150. The van der Waals surface area contributed by atoms with Gasteiger partial charge in [-0.25, -0.2) is 4.79 Å². The third-order valence-electron chi connectivity index (χ3n) is 1.94. The quantitative estimate of drug-likeness (QED) is 0.757. The zero-order chi connectivity index (χ0) is 11.6. The molecule has 0 saturated heterocycles. The molecule has 0 radical (unpaired) electrons. The van der Waals surface area contributed by atoms with Gasteiger partial charge in [0.25, 0.3) is 0 Å². The number of carbonyl (C=O) groups is 1. The normalized spacial score (nSPS) is 12.3. The molecule has 5 heteroatoms. The molecule has 1 aromatic carbocycles. The van der Waals surface area contributed by atoms with E-state index in [1.54, 1.807) is 6.92 Å². The first kappa shape index (κ1) is 11.8. The number of esters is 1. The van der Waals surface area contributed by atoms with E-state index in [4.69, 9.17) is 11.6 Å². The maximum atomic E-state index is 11.1. The van der Waals surface area contributed by atoms with Crippen molar-refractivity contribution >= 4 is 17.6 Å². The highest BCUT2D eigenvalue weighted by molar-refractivity contribution is 6.33. The summed E-state index contributed by atoms with van der Waals surface area (Å²) in [4.78, 5) is 11.1. The van der Waals surface area contributed by atoms with Crippen LogP contribution in [-0.2, 0) is 9.53 Å². The lowest BCUT2D eigenvalue weighted by Gasteiger charge is -2.12. The van der Waals surface area contributed by atoms with Gasteiger partial charge in [0, 0.05) is 5.56 Å². The predicted octanol–water partition coefficient (Wildman–Crippen LogP) is 1.56. The summed E-state index contributed by atoms with van der Waals surface area (Å²) in [6, 6.07) is 2.96. The summed E-state index contributed by atoms with van der Waals surface area (Å²) < 4.78 is 4.37. The molecule has 0 spiro atoms. The second-order valence-corrected chi connectivity index (χ2v) is 3.49. The average molecular weight is 231 g/mol. The molecule has 0 aliphatic heterocycles. The van der Waals surface area contributed by atoms with Gasteiger partial charge in [0.15, 0.2) is 6.10 Å². The van der Waals surface area contributed by atoms with Crippen molar-refractivity contribution in [2.24, 2.45) is 0 Å². The van der Waals surface area contributed by atoms with Gasteiger partial charge in [0.1, 0.15) is 5.75 Å². The molecule has 0 aliphatic rings. The Bertz CT molecular complexity index is 389. The van der Waals surface area contributed by atoms with Gasteiger partial charge in [-0.05, 0) is 18.6 Å². The molecule has 0 bridgehead atoms. The van der Waals surface area contributed by atoms with Gasteiger partial charge in [0.2, 0.25) is 0 Å². The average Bonchev–Trinajstić information content (AvgIpc) is 2.21. The summed E-state index contributed by atoms with van der Waals surface area (Å²) in [5.41, 5.74) is 0.830. The summed E-state index contributed by atoms with van der Waals surface area (Å²) in [7, 11) is 1.16. The molecule has 1 aromatic rings. The Hall–Kier alpha value is -1.26. The molecular formula is C10H11ClO4. The second kappa shape index (κ2) is 4.51. The fraction of sp³-hybridized carbons (Fsp3) is 0.300. The number of benzene rings is 1. The van der Waals surface area contributed by atoms with Crippen LogP contribution in [0.3, 0.4) is 0 Å². The van der Waals surface area contributed by atoms with Crippen molar-refractivity contribution in [2.75, 3.05) is 7.11 Å². The van der Waals surface area contributed by atoms with E-state index >= 15 is 0 Å². The number of aryl methyl sites for hydroxylation is 1. The Balaban J connectivity index is 3.19. The van der Waals surface area contributed by atoms with Gasteiger partial charge >= 0.3 is 5.97 Å². The Morgan fingerprint density at radius 2 is 2.13 bits per heavy atom. The van der Waals surface area contributed by atoms with E-state index in [0.29, 0.717) is 5.56 Å². The second-order valence-electron chi connectivity index (χ2n) is 3.11. The third kappa shape index (κ3) is 2.40. The first-order valence-corrected chi connectivity index (χ1v) is 4.60. The van der Waals surface area contributed by atoms with Gasteiger partial charge in [-0.1, -0.05) is 17.7 Å². The number of phenols is 1. The SMILES string of the molecule is COC(=O)C(O)c1cc(C)cc(O)c1Cl. The molecule has 4 nitrogen and oxygen atoms in total. The number of hydrogen-bond donors (Lipinski definition) is 2. The first-order valence-electron chi connectivity index (χ1n) is 4.22. The molecule has 82 valence electrons. The smallest absolute Gasteiger partial charge is 0.339 e. The number of halogens is 1. The van der Waals surface area contributed by atoms with Crippen molar-refractivity contribution in [3.05, 3.63) is 28.3 Å². The maximum absolute atomic E-state index is 11.1. The monoisotopic (exact) mass is 230 g/mol. The Kier molecular flexibility index (Phi) is 3.55. The van der Waals surface area contributed by atoms with Gasteiger partial charge in [-0.15, -0.1) is 0 Å². The molecule has 0 aliphatic carbocycles. The van der Waals surface area contributed by atoms with E-state index in [1.165, 1.54) is 12.1 Å². The molecule has 0 saturated carbocycles. The van der Waals surface area contributed by atoms with Crippen molar-refractivity contribution in [1.82, 2.24) is 0 Å². The van der Waals surface area contributed by atoms with E-state index in [-0.39, 0.29) is 16.3 Å². The van der Waals surface area contributed by atoms with Crippen molar-refractivity contribution < 1.29 is 19.7 Å². The minimum atomic E-state index is -1.48. The van der Waals surface area contributed by atoms with Crippen LogP contribution < -0.4 is 0 Å². The maximum Gasteiger partial charge on any atom is 0.339 e. The van der Waals surface area contributed by atoms with E-state index in [2.05, 4.69) is 4.74 Å². The molecular weight excluding hydrogens is 220 g/mol. The topological polar surface area (TPSA) is 66.8 Å². The van der Waals surface area contributed by atoms with Crippen LogP contribution in [0.1, 0.15) is 17.2 Å². The van der Waals surface area contributed by atoms with Gasteiger partial charge < -0.3 is 14.9 Å². The highest BCUT2D eigenvalue weighted by atomic mass is 35.5. The van der Waals surface area contributed by atoms with Crippen LogP contribution in [-0.4, -0.2) is 23.3 Å². The summed E-state index contributed by atoms with van der Waals surface area (Å²) in [5.74, 6) is -0.989. The Labute approximate surface area is 92.1 Å². The molecule has 15 heavy (non-hydrogen) atoms. The van der Waals surface area contributed by atoms with Gasteiger partial charge in [-0.3, -0.25) is 0 Å². The minimum absolute atomic E-state index is 0.0431. The number of methoxy groups -OCH3 is 1. The molecule has 1 atom stereocenters. The van der Waals surface area contributed by atoms with Crippen LogP contribution >= 0.6 is 11.6 Å². The van der Waals surface area contributed by atoms with Crippen LogP contribution in [0.5, 0.6) is 5.75 Å². The number of ether oxygens (including phenoxy) is 1. The van der Waals surface area contributed by atoms with Crippen LogP contribution in [0.15, 0.2) is 12.1 Å². The fourth-order valence-corrected chi connectivity index (χ4v) is 1.43. The Morgan fingerprint density at radius 3 is 2.67 bits per heavy atom. The molecule has 0 amide bonds. The highest BCUT2D eigenvalue weighted by Crippen LogP contribution is 2.32. The first-order chi connectivity index (χ1) is 6.97. The van der Waals surface area contributed by atoms with Crippen molar-refractivity contribution in [2.45, 2.75) is 13.0 Å². The van der Waals surface area contributed by atoms with E-state index < -0.39 is 12.1 Å². The van der Waals surface area contributed by atoms with Crippen LogP contribution in [0.4, 0.5) is 0 Å². The molecule has 1 rings (SSSR count). The van der Waals surface area contributed by atoms with Crippen molar-refractivity contribution in [3.63, 3.8) is 0 Å². The number of rotatable bonds is 2. The minimum Gasteiger partial charge on any atom is -0.506 e. The van der Waals surface area contributed by atoms with Gasteiger partial charge in [0.05, 0.1) is 12.1 Å². The molecule has 1 unspecified atom stereocenters. The Morgan fingerprint density at radius 1 is 1.53 bits per heavy atom. The zero-order valence-corrected chi connectivity index (χ0v) is 9.08. The molecule has 2 N–H and O–H groups in total. The van der Waals surface area contributed by atoms with Crippen LogP contribution in [0.2, 0.25) is 5.02 Å². The number of aliphatic hydroxyl groups is 1. The lowest BCUT2D eigenvalue weighted by atomic mass is 10.1. The van der Waals surface area contributed by atoms with Crippen LogP contribution in [0, 0.1) is 6.92 Å². The van der Waals surface area contributed by atoms with Crippen molar-refractivity contribution in [3.8, 4) is 5.75 Å². The predicted molar refractivity (Wildman–Crippen MR) is 54.8 cm³/mol. The standard InChI is InChI=1S/C10H11ClO4/c1-5-3-6(8(11)7(12)4-5)9(13)10(14)15-2/h3-4,9,12-13H,1-2H3. The fourth-order valence-electron chi connectivity index (χ4n) is 1.21. The summed E-state index contributed by atoms with van der Waals surface area (Å²) in [6.07, 6.45) is -1.48. The summed E-state index contributed by atoms with van der Waals surface area (Å²) in [6.45, 7) is 1.71. The summed E-state index contributed by atoms with van der Waals surface area (Å²) in [5, 5.41) is 18.9. The van der Waals surface area contributed by atoms with Crippen LogP contribution in [0.25, 0.3) is 0 Å². The zero-order valence-electron chi connectivity index (χ0n) is 8.32. The lowest BCUT2D eigenvalue weighted by Crippen LogP contribution is -2.14. The van der Waals surface area contributed by atoms with E-state index in [9.17, 15) is 15.0 Å². The van der Waals surface area contributed by atoms with Crippen molar-refractivity contribution in [1.29, 1.82) is 0 Å². The molecule has 0 fully saturated rings. The number of carbonyl (C=O) groups excluding carboxylic acids is 1. The molecule has 0 aromatic heterocycles. The van der Waals surface area contributed by atoms with E-state index in [0.717, 1.165) is 7.11 Å². The highest BCUT2D eigenvalue weighted by Gasteiger charge is 2.22. The summed E-state index contributed by atoms with van der Waals surface area (Å²) >= 11 is 5.74.